The van der Waals surface area contributed by atoms with E-state index in [1.807, 2.05) is 30.0 Å². The summed E-state index contributed by atoms with van der Waals surface area (Å²) in [6.07, 6.45) is 0. The zero-order valence-electron chi connectivity index (χ0n) is 10.7. The highest BCUT2D eigenvalue weighted by atomic mass is 16.2. The van der Waals surface area contributed by atoms with E-state index in [0.29, 0.717) is 17.5 Å². The zero-order chi connectivity index (χ0) is 12.6. The molecular formula is C14H20N2O. The molecule has 92 valence electrons. The number of benzene rings is 1. The molecule has 0 radical (unpaired) electrons. The second kappa shape index (κ2) is 4.40. The van der Waals surface area contributed by atoms with Gasteiger partial charge < -0.3 is 10.6 Å². The first-order chi connectivity index (χ1) is 8.00. The zero-order valence-corrected chi connectivity index (χ0v) is 10.7. The number of nitrogens with zero attached hydrogens (tertiary/aromatic N) is 1. The van der Waals surface area contributed by atoms with Crippen LogP contribution in [-0.4, -0.2) is 23.9 Å². The molecule has 1 aliphatic heterocycles. The van der Waals surface area contributed by atoms with Gasteiger partial charge >= 0.3 is 0 Å². The number of anilines is 1. The molecule has 3 nitrogen and oxygen atoms in total. The highest BCUT2D eigenvalue weighted by molar-refractivity contribution is 5.97. The number of likely N-dealkylation sites (tertiary alicyclic amines) is 1. The van der Waals surface area contributed by atoms with Crippen molar-refractivity contribution in [2.24, 2.45) is 11.8 Å². The van der Waals surface area contributed by atoms with Crippen molar-refractivity contribution in [3.63, 3.8) is 0 Å². The average molecular weight is 232 g/mol. The van der Waals surface area contributed by atoms with E-state index < -0.39 is 0 Å². The summed E-state index contributed by atoms with van der Waals surface area (Å²) >= 11 is 0. The lowest BCUT2D eigenvalue weighted by molar-refractivity contribution is 0.0784. The number of amides is 1. The Kier molecular flexibility index (Phi) is 3.09. The van der Waals surface area contributed by atoms with Gasteiger partial charge in [0.05, 0.1) is 0 Å². The van der Waals surface area contributed by atoms with Gasteiger partial charge in [-0.15, -0.1) is 0 Å². The quantitative estimate of drug-likeness (QED) is 0.755. The fraction of sp³-hybridized carbons (Fsp3) is 0.500. The third-order valence-electron chi connectivity index (χ3n) is 3.88. The lowest BCUT2D eigenvalue weighted by Crippen LogP contribution is -2.29. The summed E-state index contributed by atoms with van der Waals surface area (Å²) in [5.41, 5.74) is 8.17. The van der Waals surface area contributed by atoms with Crippen molar-refractivity contribution in [2.45, 2.75) is 20.8 Å². The van der Waals surface area contributed by atoms with Crippen LogP contribution in [0.3, 0.4) is 0 Å². The minimum Gasteiger partial charge on any atom is -0.398 e. The molecule has 0 saturated carbocycles. The third kappa shape index (κ3) is 2.14. The monoisotopic (exact) mass is 232 g/mol. The van der Waals surface area contributed by atoms with E-state index in [9.17, 15) is 4.79 Å². The molecule has 17 heavy (non-hydrogen) atoms. The number of nitrogen functional groups attached to an aromatic ring is 1. The molecular weight excluding hydrogens is 212 g/mol. The van der Waals surface area contributed by atoms with Crippen LogP contribution in [0.25, 0.3) is 0 Å². The first-order valence-corrected chi connectivity index (χ1v) is 6.15. The predicted molar refractivity (Wildman–Crippen MR) is 69.8 cm³/mol. The van der Waals surface area contributed by atoms with E-state index in [-0.39, 0.29) is 5.91 Å². The smallest absolute Gasteiger partial charge is 0.254 e. The second-order valence-electron chi connectivity index (χ2n) is 5.18. The first-order valence-electron chi connectivity index (χ1n) is 6.15. The van der Waals surface area contributed by atoms with Gasteiger partial charge in [-0.25, -0.2) is 0 Å². The Hall–Kier alpha value is -1.51. The van der Waals surface area contributed by atoms with Crippen molar-refractivity contribution >= 4 is 11.6 Å². The molecule has 3 heteroatoms. The molecule has 0 aliphatic carbocycles. The van der Waals surface area contributed by atoms with Crippen molar-refractivity contribution in [2.75, 3.05) is 18.8 Å². The van der Waals surface area contributed by atoms with Gasteiger partial charge in [0.1, 0.15) is 0 Å². The van der Waals surface area contributed by atoms with Gasteiger partial charge in [0.25, 0.3) is 5.91 Å². The molecule has 1 saturated heterocycles. The molecule has 0 spiro atoms. The Morgan fingerprint density at radius 1 is 1.29 bits per heavy atom. The van der Waals surface area contributed by atoms with Gasteiger partial charge in [0.2, 0.25) is 0 Å². The van der Waals surface area contributed by atoms with Crippen LogP contribution in [0.2, 0.25) is 0 Å². The second-order valence-corrected chi connectivity index (χ2v) is 5.18. The molecule has 2 atom stereocenters. The van der Waals surface area contributed by atoms with E-state index in [4.69, 9.17) is 5.73 Å². The minimum atomic E-state index is 0.117. The summed E-state index contributed by atoms with van der Waals surface area (Å²) in [5.74, 6) is 1.28. The van der Waals surface area contributed by atoms with E-state index in [2.05, 4.69) is 13.8 Å². The Morgan fingerprint density at radius 3 is 2.47 bits per heavy atom. The molecule has 2 rings (SSSR count). The number of carbonyl (C=O) groups is 1. The maximum absolute atomic E-state index is 12.4. The average Bonchev–Trinajstić information content (AvgIpc) is 2.62. The summed E-state index contributed by atoms with van der Waals surface area (Å²) in [7, 11) is 0. The molecule has 2 N–H and O–H groups in total. The minimum absolute atomic E-state index is 0.117. The Morgan fingerprint density at radius 2 is 1.88 bits per heavy atom. The van der Waals surface area contributed by atoms with Crippen molar-refractivity contribution in [1.82, 2.24) is 4.90 Å². The lowest BCUT2D eigenvalue weighted by Gasteiger charge is -2.18. The summed E-state index contributed by atoms with van der Waals surface area (Å²) in [6, 6.07) is 5.54. The largest absolute Gasteiger partial charge is 0.398 e. The van der Waals surface area contributed by atoms with Gasteiger partial charge in [-0.2, -0.15) is 0 Å². The molecule has 1 aromatic carbocycles. The number of nitrogens with two attached hydrogens (primary N) is 1. The third-order valence-corrected chi connectivity index (χ3v) is 3.88. The number of hydrogen-bond acceptors (Lipinski definition) is 2. The fourth-order valence-corrected chi connectivity index (χ4v) is 2.35. The Balaban J connectivity index is 2.24. The Bertz CT molecular complexity index is 432. The predicted octanol–water partition coefficient (Wildman–Crippen LogP) is 2.31. The van der Waals surface area contributed by atoms with Crippen LogP contribution < -0.4 is 5.73 Å². The summed E-state index contributed by atoms with van der Waals surface area (Å²) < 4.78 is 0. The molecule has 0 bridgehead atoms. The van der Waals surface area contributed by atoms with Crippen LogP contribution in [0.1, 0.15) is 29.8 Å². The van der Waals surface area contributed by atoms with Gasteiger partial charge in [-0.3, -0.25) is 4.79 Å². The van der Waals surface area contributed by atoms with Crippen molar-refractivity contribution in [3.8, 4) is 0 Å². The molecule has 0 aromatic heterocycles. The lowest BCUT2D eigenvalue weighted by atomic mass is 10.0. The highest BCUT2D eigenvalue weighted by Gasteiger charge is 2.30. The van der Waals surface area contributed by atoms with E-state index in [0.717, 1.165) is 24.2 Å². The van der Waals surface area contributed by atoms with E-state index in [1.54, 1.807) is 0 Å². The molecule has 1 aliphatic rings. The van der Waals surface area contributed by atoms with Crippen molar-refractivity contribution in [3.05, 3.63) is 29.3 Å². The van der Waals surface area contributed by atoms with Crippen molar-refractivity contribution in [1.29, 1.82) is 0 Å². The van der Waals surface area contributed by atoms with Gasteiger partial charge in [0.15, 0.2) is 0 Å². The molecule has 1 aromatic rings. The normalized spacial score (nSPS) is 24.1. The van der Waals surface area contributed by atoms with Crippen LogP contribution in [0, 0.1) is 18.8 Å². The fourth-order valence-electron chi connectivity index (χ4n) is 2.35. The van der Waals surface area contributed by atoms with Gasteiger partial charge in [-0.05, 0) is 36.5 Å². The van der Waals surface area contributed by atoms with Gasteiger partial charge in [-0.1, -0.05) is 19.9 Å². The summed E-state index contributed by atoms with van der Waals surface area (Å²) in [4.78, 5) is 14.3. The summed E-state index contributed by atoms with van der Waals surface area (Å²) in [6.45, 7) is 8.02. The van der Waals surface area contributed by atoms with Crippen LogP contribution >= 0.6 is 0 Å². The number of carbonyl (C=O) groups excluding carboxylic acids is 1. The van der Waals surface area contributed by atoms with Gasteiger partial charge in [0, 0.05) is 24.3 Å². The maximum atomic E-state index is 12.4. The topological polar surface area (TPSA) is 46.3 Å². The number of rotatable bonds is 1. The standard InChI is InChI=1S/C14H20N2O/c1-9-7-16(8-10(9)2)14(17)12-5-4-6-13(15)11(12)3/h4-6,9-10H,7-8,15H2,1-3H3. The first kappa shape index (κ1) is 12.0. The van der Waals surface area contributed by atoms with E-state index in [1.165, 1.54) is 0 Å². The molecule has 2 unspecified atom stereocenters. The molecule has 1 amide bonds. The van der Waals surface area contributed by atoms with E-state index >= 15 is 0 Å². The summed E-state index contributed by atoms with van der Waals surface area (Å²) in [5, 5.41) is 0. The van der Waals surface area contributed by atoms with Crippen LogP contribution in [-0.2, 0) is 0 Å². The maximum Gasteiger partial charge on any atom is 0.254 e. The Labute approximate surface area is 103 Å². The highest BCUT2D eigenvalue weighted by Crippen LogP contribution is 2.25. The van der Waals surface area contributed by atoms with Crippen molar-refractivity contribution < 1.29 is 4.79 Å². The van der Waals surface area contributed by atoms with Crippen LogP contribution in [0.5, 0.6) is 0 Å². The SMILES string of the molecule is Cc1c(N)cccc1C(=O)N1CC(C)C(C)C1. The number of hydrogen-bond donors (Lipinski definition) is 1. The molecule has 1 fully saturated rings. The van der Waals surface area contributed by atoms with Crippen LogP contribution in [0.4, 0.5) is 5.69 Å². The van der Waals surface area contributed by atoms with Crippen LogP contribution in [0.15, 0.2) is 18.2 Å². The molecule has 1 heterocycles.